The van der Waals surface area contributed by atoms with Gasteiger partial charge >= 0.3 is 0 Å². The average Bonchev–Trinajstić information content (AvgIpc) is 2.40. The molecule has 0 N–H and O–H groups in total. The summed E-state index contributed by atoms with van der Waals surface area (Å²) in [6, 6.07) is 13.1. The Balaban J connectivity index is 2.20. The molecule has 3 nitrogen and oxygen atoms in total. The van der Waals surface area contributed by atoms with E-state index in [1.54, 1.807) is 18.3 Å². The molecule has 0 atom stereocenters. The average molecular weight is 227 g/mol. The van der Waals surface area contributed by atoms with E-state index >= 15 is 0 Å². The van der Waals surface area contributed by atoms with E-state index in [-0.39, 0.29) is 5.78 Å². The SMILES string of the molecule is COc1ncccc1C(=O)Cc1ccccc1. The fourth-order valence-corrected chi connectivity index (χ4v) is 1.64. The van der Waals surface area contributed by atoms with Crippen molar-refractivity contribution in [3.05, 3.63) is 59.8 Å². The molecule has 0 spiro atoms. The Morgan fingerprint density at radius 2 is 1.94 bits per heavy atom. The van der Waals surface area contributed by atoms with Gasteiger partial charge in [-0.05, 0) is 17.7 Å². The number of aromatic nitrogens is 1. The summed E-state index contributed by atoms with van der Waals surface area (Å²) in [4.78, 5) is 16.1. The molecule has 0 saturated heterocycles. The summed E-state index contributed by atoms with van der Waals surface area (Å²) in [6.07, 6.45) is 1.97. The fourth-order valence-electron chi connectivity index (χ4n) is 1.64. The van der Waals surface area contributed by atoms with Crippen LogP contribution in [-0.4, -0.2) is 17.9 Å². The summed E-state index contributed by atoms with van der Waals surface area (Å²) in [5, 5.41) is 0. The normalized spacial score (nSPS) is 9.94. The number of hydrogen-bond donors (Lipinski definition) is 0. The lowest BCUT2D eigenvalue weighted by atomic mass is 10.0. The van der Waals surface area contributed by atoms with Gasteiger partial charge in [0.25, 0.3) is 0 Å². The lowest BCUT2D eigenvalue weighted by Gasteiger charge is -2.05. The highest BCUT2D eigenvalue weighted by atomic mass is 16.5. The number of pyridine rings is 1. The zero-order chi connectivity index (χ0) is 12.1. The number of hydrogen-bond acceptors (Lipinski definition) is 3. The first kappa shape index (κ1) is 11.3. The van der Waals surface area contributed by atoms with Crippen molar-refractivity contribution in [3.8, 4) is 5.88 Å². The summed E-state index contributed by atoms with van der Waals surface area (Å²) in [7, 11) is 1.52. The van der Waals surface area contributed by atoms with Crippen LogP contribution in [0.25, 0.3) is 0 Å². The van der Waals surface area contributed by atoms with Crippen LogP contribution in [0.2, 0.25) is 0 Å². The Labute approximate surface area is 100 Å². The molecule has 0 amide bonds. The van der Waals surface area contributed by atoms with Gasteiger partial charge in [-0.2, -0.15) is 0 Å². The van der Waals surface area contributed by atoms with Gasteiger partial charge in [-0.25, -0.2) is 4.98 Å². The third-order valence-corrected chi connectivity index (χ3v) is 2.47. The molecule has 86 valence electrons. The van der Waals surface area contributed by atoms with Crippen LogP contribution in [0, 0.1) is 0 Å². The summed E-state index contributed by atoms with van der Waals surface area (Å²) < 4.78 is 5.07. The Hall–Kier alpha value is -2.16. The molecule has 0 fully saturated rings. The Kier molecular flexibility index (Phi) is 3.50. The van der Waals surface area contributed by atoms with E-state index in [9.17, 15) is 4.79 Å². The number of Topliss-reactive ketones (excluding diaryl/α,β-unsaturated/α-hetero) is 1. The van der Waals surface area contributed by atoms with E-state index in [4.69, 9.17) is 4.74 Å². The van der Waals surface area contributed by atoms with Gasteiger partial charge in [0, 0.05) is 12.6 Å². The van der Waals surface area contributed by atoms with Crippen molar-refractivity contribution in [1.29, 1.82) is 0 Å². The van der Waals surface area contributed by atoms with E-state index in [2.05, 4.69) is 4.98 Å². The van der Waals surface area contributed by atoms with Gasteiger partial charge in [-0.15, -0.1) is 0 Å². The molecule has 0 bridgehead atoms. The lowest BCUT2D eigenvalue weighted by molar-refractivity contribution is 0.0989. The molecule has 0 saturated carbocycles. The fraction of sp³-hybridized carbons (Fsp3) is 0.143. The molecule has 2 rings (SSSR count). The molecule has 1 aromatic carbocycles. The number of methoxy groups -OCH3 is 1. The van der Waals surface area contributed by atoms with Gasteiger partial charge in [-0.1, -0.05) is 30.3 Å². The number of ketones is 1. The zero-order valence-electron chi connectivity index (χ0n) is 9.59. The van der Waals surface area contributed by atoms with Crippen LogP contribution in [0.15, 0.2) is 48.7 Å². The second kappa shape index (κ2) is 5.25. The summed E-state index contributed by atoms with van der Waals surface area (Å²) in [6.45, 7) is 0. The Morgan fingerprint density at radius 1 is 1.18 bits per heavy atom. The van der Waals surface area contributed by atoms with Crippen LogP contribution < -0.4 is 4.74 Å². The maximum absolute atomic E-state index is 12.1. The quantitative estimate of drug-likeness (QED) is 0.753. The summed E-state index contributed by atoms with van der Waals surface area (Å²) in [5.41, 5.74) is 1.52. The molecular weight excluding hydrogens is 214 g/mol. The standard InChI is InChI=1S/C14H13NO2/c1-17-14-12(8-5-9-15-14)13(16)10-11-6-3-2-4-7-11/h2-9H,10H2,1H3. The van der Waals surface area contributed by atoms with E-state index in [0.29, 0.717) is 17.9 Å². The third kappa shape index (κ3) is 2.69. The number of ether oxygens (including phenoxy) is 1. The maximum Gasteiger partial charge on any atom is 0.224 e. The largest absolute Gasteiger partial charge is 0.480 e. The van der Waals surface area contributed by atoms with Gasteiger partial charge in [0.2, 0.25) is 5.88 Å². The van der Waals surface area contributed by atoms with Gasteiger partial charge in [0.05, 0.1) is 12.7 Å². The molecule has 17 heavy (non-hydrogen) atoms. The van der Waals surface area contributed by atoms with Crippen LogP contribution in [0.5, 0.6) is 5.88 Å². The molecule has 0 radical (unpaired) electrons. The third-order valence-electron chi connectivity index (χ3n) is 2.47. The number of nitrogens with zero attached hydrogens (tertiary/aromatic N) is 1. The lowest BCUT2D eigenvalue weighted by Crippen LogP contribution is -2.06. The minimum absolute atomic E-state index is 0.0150. The first-order valence-corrected chi connectivity index (χ1v) is 5.37. The molecular formula is C14H13NO2. The number of carbonyl (C=O) groups is 1. The minimum Gasteiger partial charge on any atom is -0.480 e. The van der Waals surface area contributed by atoms with Crippen LogP contribution in [0.4, 0.5) is 0 Å². The smallest absolute Gasteiger partial charge is 0.224 e. The Morgan fingerprint density at radius 3 is 2.65 bits per heavy atom. The molecule has 1 aromatic heterocycles. The van der Waals surface area contributed by atoms with Crippen molar-refractivity contribution in [2.75, 3.05) is 7.11 Å². The van der Waals surface area contributed by atoms with Gasteiger partial charge < -0.3 is 4.74 Å². The predicted molar refractivity (Wildman–Crippen MR) is 65.3 cm³/mol. The summed E-state index contributed by atoms with van der Waals surface area (Å²) in [5.74, 6) is 0.398. The molecule has 1 heterocycles. The van der Waals surface area contributed by atoms with Gasteiger partial charge in [-0.3, -0.25) is 4.79 Å². The van der Waals surface area contributed by atoms with Crippen molar-refractivity contribution in [2.45, 2.75) is 6.42 Å². The molecule has 0 unspecified atom stereocenters. The van der Waals surface area contributed by atoms with Crippen LogP contribution in [-0.2, 0) is 6.42 Å². The maximum atomic E-state index is 12.1. The number of carbonyl (C=O) groups excluding carboxylic acids is 1. The topological polar surface area (TPSA) is 39.2 Å². The van der Waals surface area contributed by atoms with E-state index in [0.717, 1.165) is 5.56 Å². The van der Waals surface area contributed by atoms with E-state index in [1.165, 1.54) is 7.11 Å². The van der Waals surface area contributed by atoms with Gasteiger partial charge in [0.1, 0.15) is 0 Å². The second-order valence-electron chi connectivity index (χ2n) is 3.65. The first-order chi connectivity index (χ1) is 8.31. The zero-order valence-corrected chi connectivity index (χ0v) is 9.59. The molecule has 0 aliphatic heterocycles. The van der Waals surface area contributed by atoms with Crippen molar-refractivity contribution in [2.24, 2.45) is 0 Å². The second-order valence-corrected chi connectivity index (χ2v) is 3.65. The van der Waals surface area contributed by atoms with E-state index < -0.39 is 0 Å². The molecule has 2 aromatic rings. The van der Waals surface area contributed by atoms with Crippen molar-refractivity contribution in [3.63, 3.8) is 0 Å². The van der Waals surface area contributed by atoms with Gasteiger partial charge in [0.15, 0.2) is 5.78 Å². The van der Waals surface area contributed by atoms with E-state index in [1.807, 2.05) is 30.3 Å². The molecule has 0 aliphatic carbocycles. The molecule has 0 aliphatic rings. The van der Waals surface area contributed by atoms with Crippen LogP contribution >= 0.6 is 0 Å². The Bertz CT molecular complexity index is 509. The highest BCUT2D eigenvalue weighted by molar-refractivity contribution is 5.99. The highest BCUT2D eigenvalue weighted by Crippen LogP contribution is 2.16. The monoisotopic (exact) mass is 227 g/mol. The predicted octanol–water partition coefficient (Wildman–Crippen LogP) is 2.52. The van der Waals surface area contributed by atoms with Crippen molar-refractivity contribution in [1.82, 2.24) is 4.98 Å². The first-order valence-electron chi connectivity index (χ1n) is 5.37. The van der Waals surface area contributed by atoms with Crippen LogP contribution in [0.3, 0.4) is 0 Å². The van der Waals surface area contributed by atoms with Crippen molar-refractivity contribution < 1.29 is 9.53 Å². The number of benzene rings is 1. The molecule has 3 heteroatoms. The highest BCUT2D eigenvalue weighted by Gasteiger charge is 2.12. The minimum atomic E-state index is 0.0150. The van der Waals surface area contributed by atoms with Crippen molar-refractivity contribution >= 4 is 5.78 Å². The summed E-state index contributed by atoms with van der Waals surface area (Å²) >= 11 is 0. The number of rotatable bonds is 4. The van der Waals surface area contributed by atoms with Crippen LogP contribution in [0.1, 0.15) is 15.9 Å².